The van der Waals surface area contributed by atoms with Crippen LogP contribution in [0.1, 0.15) is 23.6 Å². The minimum Gasteiger partial charge on any atom is -0.490 e. The maximum atomic E-state index is 12.7. The maximum absolute atomic E-state index is 12.7. The third kappa shape index (κ3) is 5.87. The maximum Gasteiger partial charge on any atom is 0.339 e. The van der Waals surface area contributed by atoms with Crippen LogP contribution in [0.3, 0.4) is 0 Å². The van der Waals surface area contributed by atoms with Crippen molar-refractivity contribution in [1.82, 2.24) is 0 Å². The summed E-state index contributed by atoms with van der Waals surface area (Å²) in [4.78, 5) is 4.50. The second kappa shape index (κ2) is 9.85. The average molecular weight is 523 g/mol. The highest BCUT2D eigenvalue weighted by Crippen LogP contribution is 2.38. The summed E-state index contributed by atoms with van der Waals surface area (Å²) in [6, 6.07) is 15.4. The average Bonchev–Trinajstić information content (AvgIpc) is 2.72. The molecule has 0 saturated heterocycles. The fourth-order valence-corrected chi connectivity index (χ4v) is 4.46. The molecule has 0 aliphatic rings. The van der Waals surface area contributed by atoms with E-state index in [1.54, 1.807) is 43.5 Å². The van der Waals surface area contributed by atoms with Crippen LogP contribution in [0.15, 0.2) is 69.0 Å². The highest BCUT2D eigenvalue weighted by molar-refractivity contribution is 9.10. The Morgan fingerprint density at radius 3 is 2.42 bits per heavy atom. The first kappa shape index (κ1) is 23.3. The second-order valence-corrected chi connectivity index (χ2v) is 9.61. The molecule has 3 aromatic carbocycles. The number of aryl methyl sites for hydroxylation is 2. The third-order valence-electron chi connectivity index (χ3n) is 4.35. The molecule has 0 bridgehead atoms. The lowest BCUT2D eigenvalue weighted by molar-refractivity contribution is 0.327. The first-order valence-corrected chi connectivity index (χ1v) is 12.0. The van der Waals surface area contributed by atoms with Gasteiger partial charge in [-0.3, -0.25) is 4.99 Å². The highest BCUT2D eigenvalue weighted by atomic mass is 79.9. The fourth-order valence-electron chi connectivity index (χ4n) is 2.68. The van der Waals surface area contributed by atoms with Gasteiger partial charge in [-0.2, -0.15) is 8.42 Å². The minimum atomic E-state index is -4.03. The number of hydrogen-bond donors (Lipinski definition) is 0. The summed E-state index contributed by atoms with van der Waals surface area (Å²) in [5, 5.41) is 0.635. The van der Waals surface area contributed by atoms with Crippen molar-refractivity contribution in [2.75, 3.05) is 6.61 Å². The summed E-state index contributed by atoms with van der Waals surface area (Å²) in [5.74, 6) is 0.369. The molecule has 0 unspecified atom stereocenters. The van der Waals surface area contributed by atoms with E-state index in [4.69, 9.17) is 20.5 Å². The van der Waals surface area contributed by atoms with E-state index in [1.807, 2.05) is 26.0 Å². The van der Waals surface area contributed by atoms with Gasteiger partial charge in [0.25, 0.3) is 0 Å². The Bertz CT molecular complexity index is 1230. The third-order valence-corrected chi connectivity index (χ3v) is 6.58. The lowest BCUT2D eigenvalue weighted by Crippen LogP contribution is -2.11. The van der Waals surface area contributed by atoms with Gasteiger partial charge in [0.2, 0.25) is 0 Å². The molecule has 31 heavy (non-hydrogen) atoms. The van der Waals surface area contributed by atoms with E-state index in [2.05, 4.69) is 20.9 Å². The zero-order valence-corrected chi connectivity index (χ0v) is 20.4. The van der Waals surface area contributed by atoms with Gasteiger partial charge >= 0.3 is 10.1 Å². The number of aliphatic imine (C=N–C) groups is 1. The van der Waals surface area contributed by atoms with Crippen LogP contribution in [0.2, 0.25) is 5.02 Å². The molecule has 5 nitrogen and oxygen atoms in total. The molecule has 0 saturated carbocycles. The summed E-state index contributed by atoms with van der Waals surface area (Å²) >= 11 is 9.55. The topological polar surface area (TPSA) is 65.0 Å². The van der Waals surface area contributed by atoms with Crippen LogP contribution in [0.5, 0.6) is 11.5 Å². The highest BCUT2D eigenvalue weighted by Gasteiger charge is 2.22. The van der Waals surface area contributed by atoms with Gasteiger partial charge in [0.15, 0.2) is 11.5 Å². The number of halogens is 2. The van der Waals surface area contributed by atoms with Crippen molar-refractivity contribution in [3.8, 4) is 11.5 Å². The van der Waals surface area contributed by atoms with E-state index in [0.717, 1.165) is 11.1 Å². The van der Waals surface area contributed by atoms with E-state index < -0.39 is 10.1 Å². The van der Waals surface area contributed by atoms with Crippen molar-refractivity contribution in [2.24, 2.45) is 4.99 Å². The zero-order valence-electron chi connectivity index (χ0n) is 17.2. The van der Waals surface area contributed by atoms with Gasteiger partial charge in [-0.1, -0.05) is 35.4 Å². The van der Waals surface area contributed by atoms with Gasteiger partial charge in [-0.15, -0.1) is 0 Å². The molecule has 0 aliphatic heterocycles. The molecule has 0 atom stereocenters. The van der Waals surface area contributed by atoms with Crippen LogP contribution >= 0.6 is 27.5 Å². The van der Waals surface area contributed by atoms with Gasteiger partial charge < -0.3 is 8.92 Å². The van der Waals surface area contributed by atoms with Crippen LogP contribution in [-0.4, -0.2) is 21.2 Å². The van der Waals surface area contributed by atoms with Crippen LogP contribution in [0.25, 0.3) is 0 Å². The van der Waals surface area contributed by atoms with Gasteiger partial charge in [-0.25, -0.2) is 0 Å². The molecule has 0 aliphatic carbocycles. The number of benzene rings is 3. The van der Waals surface area contributed by atoms with Gasteiger partial charge in [0.05, 0.1) is 16.8 Å². The van der Waals surface area contributed by atoms with E-state index >= 15 is 0 Å². The van der Waals surface area contributed by atoms with Gasteiger partial charge in [-0.05, 0) is 84.2 Å². The Hall–Kier alpha value is -2.35. The standard InChI is InChI=1S/C23H21BrClNO4S/c1-4-29-22-12-17(14-26-18-8-7-16(3)21(25)13-18)11-20(24)23(22)30-31(27,28)19-9-5-15(2)6-10-19/h5-14H,4H2,1-3H3. The lowest BCUT2D eigenvalue weighted by atomic mass is 10.2. The van der Waals surface area contributed by atoms with Gasteiger partial charge in [0.1, 0.15) is 4.90 Å². The van der Waals surface area contributed by atoms with Crippen LogP contribution in [0.4, 0.5) is 5.69 Å². The molecule has 162 valence electrons. The second-order valence-electron chi connectivity index (χ2n) is 6.81. The Labute approximate surface area is 195 Å². The largest absolute Gasteiger partial charge is 0.490 e. The summed E-state index contributed by atoms with van der Waals surface area (Å²) in [7, 11) is -4.03. The Balaban J connectivity index is 1.93. The zero-order chi connectivity index (χ0) is 22.6. The van der Waals surface area contributed by atoms with Crippen molar-refractivity contribution < 1.29 is 17.3 Å². The molecule has 0 amide bonds. The summed E-state index contributed by atoms with van der Waals surface area (Å²) in [6.45, 7) is 5.94. The summed E-state index contributed by atoms with van der Waals surface area (Å²) in [5.41, 5.74) is 3.32. The molecule has 0 heterocycles. The molecule has 8 heteroatoms. The molecule has 0 radical (unpaired) electrons. The number of rotatable bonds is 7. The predicted octanol–water partition coefficient (Wildman–Crippen LogP) is 6.64. The molecule has 3 aromatic rings. The normalized spacial score (nSPS) is 11.6. The minimum absolute atomic E-state index is 0.0642. The Morgan fingerprint density at radius 2 is 1.77 bits per heavy atom. The van der Waals surface area contributed by atoms with Crippen molar-refractivity contribution >= 4 is 49.6 Å². The van der Waals surface area contributed by atoms with E-state index in [-0.39, 0.29) is 16.4 Å². The Morgan fingerprint density at radius 1 is 1.06 bits per heavy atom. The first-order valence-electron chi connectivity index (χ1n) is 9.47. The molecular weight excluding hydrogens is 502 g/mol. The molecular formula is C23H21BrClNO4S. The van der Waals surface area contributed by atoms with E-state index in [1.165, 1.54) is 12.1 Å². The van der Waals surface area contributed by atoms with E-state index in [9.17, 15) is 8.42 Å². The van der Waals surface area contributed by atoms with Crippen LogP contribution in [-0.2, 0) is 10.1 Å². The molecule has 0 fully saturated rings. The molecule has 0 spiro atoms. The van der Waals surface area contributed by atoms with Gasteiger partial charge in [0, 0.05) is 11.2 Å². The summed E-state index contributed by atoms with van der Waals surface area (Å²) in [6.07, 6.45) is 1.65. The first-order chi connectivity index (χ1) is 14.7. The molecule has 3 rings (SSSR count). The van der Waals surface area contributed by atoms with Crippen LogP contribution in [0, 0.1) is 13.8 Å². The monoisotopic (exact) mass is 521 g/mol. The predicted molar refractivity (Wildman–Crippen MR) is 128 cm³/mol. The SMILES string of the molecule is CCOc1cc(C=Nc2ccc(C)c(Cl)c2)cc(Br)c1OS(=O)(=O)c1ccc(C)cc1. The number of hydrogen-bond acceptors (Lipinski definition) is 5. The number of ether oxygens (including phenoxy) is 1. The molecule has 0 aromatic heterocycles. The molecule has 0 N–H and O–H groups in total. The van der Waals surface area contributed by atoms with Crippen molar-refractivity contribution in [1.29, 1.82) is 0 Å². The van der Waals surface area contributed by atoms with Crippen LogP contribution < -0.4 is 8.92 Å². The van der Waals surface area contributed by atoms with Crippen molar-refractivity contribution in [3.63, 3.8) is 0 Å². The van der Waals surface area contributed by atoms with Crippen molar-refractivity contribution in [2.45, 2.75) is 25.7 Å². The lowest BCUT2D eigenvalue weighted by Gasteiger charge is -2.14. The van der Waals surface area contributed by atoms with Crippen molar-refractivity contribution in [3.05, 3.63) is 80.8 Å². The van der Waals surface area contributed by atoms with E-state index in [0.29, 0.717) is 27.4 Å². The number of nitrogens with zero attached hydrogens (tertiary/aromatic N) is 1. The smallest absolute Gasteiger partial charge is 0.339 e. The summed E-state index contributed by atoms with van der Waals surface area (Å²) < 4.78 is 37.0. The fraction of sp³-hybridized carbons (Fsp3) is 0.174. The quantitative estimate of drug-likeness (QED) is 0.258. The Kier molecular flexibility index (Phi) is 7.41.